The summed E-state index contributed by atoms with van der Waals surface area (Å²) in [5.74, 6) is 2.72. The normalized spacial score (nSPS) is 17.0. The first-order valence-corrected chi connectivity index (χ1v) is 12.9. The van der Waals surface area contributed by atoms with Crippen molar-refractivity contribution in [3.63, 3.8) is 0 Å². The maximum absolute atomic E-state index is 12.3. The van der Waals surface area contributed by atoms with Crippen molar-refractivity contribution in [1.82, 2.24) is 25.1 Å². The zero-order valence-electron chi connectivity index (χ0n) is 21.8. The summed E-state index contributed by atoms with van der Waals surface area (Å²) in [5.41, 5.74) is 4.32. The van der Waals surface area contributed by atoms with Crippen LogP contribution in [0.25, 0.3) is 11.4 Å². The maximum Gasteiger partial charge on any atom is 0.326 e. The average molecular weight is 528 g/mol. The van der Waals surface area contributed by atoms with Crippen LogP contribution in [0.1, 0.15) is 23.9 Å². The van der Waals surface area contributed by atoms with Crippen molar-refractivity contribution in [2.45, 2.75) is 32.9 Å². The van der Waals surface area contributed by atoms with Crippen LogP contribution in [0.3, 0.4) is 0 Å². The Balaban J connectivity index is 1.28. The summed E-state index contributed by atoms with van der Waals surface area (Å²) >= 11 is 0. The van der Waals surface area contributed by atoms with Crippen molar-refractivity contribution in [3.05, 3.63) is 65.9 Å². The Morgan fingerprint density at radius 2 is 1.97 bits per heavy atom. The number of fused-ring (bicyclic) bond motifs is 1. The molecular weight excluding hydrogens is 498 g/mol. The van der Waals surface area contributed by atoms with E-state index in [9.17, 15) is 4.79 Å². The first-order chi connectivity index (χ1) is 19.0. The van der Waals surface area contributed by atoms with E-state index in [1.807, 2.05) is 24.3 Å². The molecule has 2 aliphatic heterocycles. The Hall–Kier alpha value is -4.58. The minimum Gasteiger partial charge on any atom is -0.377 e. The van der Waals surface area contributed by atoms with Crippen molar-refractivity contribution >= 4 is 29.2 Å². The van der Waals surface area contributed by atoms with Crippen LogP contribution < -0.4 is 20.4 Å². The summed E-state index contributed by atoms with van der Waals surface area (Å²) in [6.45, 7) is 7.49. The number of anilines is 4. The highest BCUT2D eigenvalue weighted by atomic mass is 16.5. The molecule has 0 aliphatic carbocycles. The molecule has 1 unspecified atom stereocenters. The van der Waals surface area contributed by atoms with Gasteiger partial charge in [-0.05, 0) is 44.5 Å². The number of aryl methyl sites for hydroxylation is 1. The van der Waals surface area contributed by atoms with Gasteiger partial charge in [0.25, 0.3) is 0 Å². The van der Waals surface area contributed by atoms with Gasteiger partial charge in [0.2, 0.25) is 5.88 Å². The molecule has 2 amide bonds. The van der Waals surface area contributed by atoms with Gasteiger partial charge in [-0.2, -0.15) is 0 Å². The fourth-order valence-corrected chi connectivity index (χ4v) is 4.87. The molecule has 12 heteroatoms. The number of benzene rings is 1. The standard InChI is InChI=1S/C27H29N9O3/c1-17-13-24(39-34-17)32-27(37)30-20-5-3-19(4-6-20)25-31-22-15-35(23-14-28-8-9-29-23)10-7-21(22)26(33-25)36-11-12-38-16-18(36)2/h3-6,8-9,13-14,18H,7,10-12,15-16H2,1-2H3,(H2,30,32,37). The average Bonchev–Trinajstić information content (AvgIpc) is 3.37. The minimum absolute atomic E-state index is 0.210. The summed E-state index contributed by atoms with van der Waals surface area (Å²) < 4.78 is 10.7. The molecule has 0 bridgehead atoms. The van der Waals surface area contributed by atoms with Gasteiger partial charge in [0.05, 0.1) is 43.4 Å². The van der Waals surface area contributed by atoms with Gasteiger partial charge >= 0.3 is 6.03 Å². The van der Waals surface area contributed by atoms with Gasteiger partial charge in [0, 0.05) is 48.4 Å². The van der Waals surface area contributed by atoms with E-state index in [0.29, 0.717) is 37.0 Å². The maximum atomic E-state index is 12.3. The molecule has 0 radical (unpaired) electrons. The smallest absolute Gasteiger partial charge is 0.326 e. The number of rotatable bonds is 5. The minimum atomic E-state index is -0.420. The van der Waals surface area contributed by atoms with Crippen LogP contribution in [0.2, 0.25) is 0 Å². The molecule has 3 aromatic heterocycles. The van der Waals surface area contributed by atoms with Gasteiger partial charge in [-0.15, -0.1) is 0 Å². The molecule has 2 aliphatic rings. The van der Waals surface area contributed by atoms with Crippen molar-refractivity contribution in [3.8, 4) is 11.4 Å². The molecule has 1 saturated heterocycles. The zero-order valence-corrected chi connectivity index (χ0v) is 21.8. The number of carbonyl (C=O) groups is 1. The van der Waals surface area contributed by atoms with E-state index in [-0.39, 0.29) is 11.9 Å². The predicted octanol–water partition coefficient (Wildman–Crippen LogP) is 3.66. The highest BCUT2D eigenvalue weighted by Gasteiger charge is 2.29. The molecule has 12 nitrogen and oxygen atoms in total. The summed E-state index contributed by atoms with van der Waals surface area (Å²) in [4.78, 5) is 35.7. The first kappa shape index (κ1) is 24.7. The first-order valence-electron chi connectivity index (χ1n) is 12.9. The van der Waals surface area contributed by atoms with Crippen molar-refractivity contribution < 1.29 is 14.1 Å². The van der Waals surface area contributed by atoms with Crippen LogP contribution in [0.4, 0.5) is 28.0 Å². The van der Waals surface area contributed by atoms with Gasteiger partial charge < -0.3 is 24.4 Å². The van der Waals surface area contributed by atoms with Gasteiger partial charge in [-0.1, -0.05) is 5.16 Å². The second-order valence-electron chi connectivity index (χ2n) is 9.64. The number of nitrogens with one attached hydrogen (secondary N) is 2. The molecule has 5 heterocycles. The highest BCUT2D eigenvalue weighted by molar-refractivity contribution is 5.99. The number of hydrogen-bond donors (Lipinski definition) is 2. The lowest BCUT2D eigenvalue weighted by atomic mass is 10.0. The van der Waals surface area contributed by atoms with Crippen LogP contribution in [0.5, 0.6) is 0 Å². The molecule has 39 heavy (non-hydrogen) atoms. The van der Waals surface area contributed by atoms with E-state index < -0.39 is 6.03 Å². The third-order valence-corrected chi connectivity index (χ3v) is 6.82. The molecule has 1 aromatic carbocycles. The van der Waals surface area contributed by atoms with Crippen molar-refractivity contribution in [2.75, 3.05) is 46.7 Å². The predicted molar refractivity (Wildman–Crippen MR) is 146 cm³/mol. The number of amides is 2. The van der Waals surface area contributed by atoms with Crippen LogP contribution in [-0.2, 0) is 17.7 Å². The van der Waals surface area contributed by atoms with Crippen molar-refractivity contribution in [2.24, 2.45) is 0 Å². The van der Waals surface area contributed by atoms with E-state index in [2.05, 4.69) is 42.5 Å². The van der Waals surface area contributed by atoms with E-state index in [1.54, 1.807) is 31.6 Å². The van der Waals surface area contributed by atoms with Gasteiger partial charge in [0.15, 0.2) is 5.82 Å². The number of aromatic nitrogens is 5. The largest absolute Gasteiger partial charge is 0.377 e. The lowest BCUT2D eigenvalue weighted by Gasteiger charge is -2.38. The zero-order chi connectivity index (χ0) is 26.8. The number of morpholine rings is 1. The van der Waals surface area contributed by atoms with Crippen molar-refractivity contribution in [1.29, 1.82) is 0 Å². The van der Waals surface area contributed by atoms with Crippen LogP contribution in [-0.4, -0.2) is 63.5 Å². The molecular formula is C27H29N9O3. The Morgan fingerprint density at radius 3 is 2.72 bits per heavy atom. The Bertz CT molecular complexity index is 1460. The fraction of sp³-hybridized carbons (Fsp3) is 0.333. The second kappa shape index (κ2) is 10.7. The third kappa shape index (κ3) is 5.36. The van der Waals surface area contributed by atoms with Gasteiger partial charge in [-0.25, -0.2) is 19.7 Å². The number of urea groups is 1. The summed E-state index contributed by atoms with van der Waals surface area (Å²) in [5, 5.41) is 9.19. The van der Waals surface area contributed by atoms with Crippen LogP contribution in [0.15, 0.2) is 53.4 Å². The van der Waals surface area contributed by atoms with E-state index in [1.165, 1.54) is 5.56 Å². The highest BCUT2D eigenvalue weighted by Crippen LogP contribution is 2.32. The molecule has 1 fully saturated rings. The molecule has 0 saturated carbocycles. The van der Waals surface area contributed by atoms with E-state index in [0.717, 1.165) is 42.4 Å². The number of hydrogen-bond acceptors (Lipinski definition) is 10. The molecule has 2 N–H and O–H groups in total. The molecule has 0 spiro atoms. The monoisotopic (exact) mass is 527 g/mol. The topological polar surface area (TPSA) is 134 Å². The Morgan fingerprint density at radius 1 is 1.10 bits per heavy atom. The second-order valence-corrected chi connectivity index (χ2v) is 9.64. The summed E-state index contributed by atoms with van der Waals surface area (Å²) in [6, 6.07) is 8.91. The summed E-state index contributed by atoms with van der Waals surface area (Å²) in [6.07, 6.45) is 5.98. The molecule has 6 rings (SSSR count). The quantitative estimate of drug-likeness (QED) is 0.396. The lowest BCUT2D eigenvalue weighted by Crippen LogP contribution is -2.45. The number of carbonyl (C=O) groups excluding carboxylic acids is 1. The van der Waals surface area contributed by atoms with E-state index >= 15 is 0 Å². The lowest BCUT2D eigenvalue weighted by molar-refractivity contribution is 0.0984. The molecule has 1 atom stereocenters. The SMILES string of the molecule is Cc1cc(NC(=O)Nc2ccc(-c3nc4c(c(N5CCOCC5C)n3)CCN(c3cnccn3)C4)cc2)on1. The van der Waals surface area contributed by atoms with Crippen LogP contribution >= 0.6 is 0 Å². The Labute approximate surface area is 225 Å². The fourth-order valence-electron chi connectivity index (χ4n) is 4.87. The van der Waals surface area contributed by atoms with Gasteiger partial charge in [-0.3, -0.25) is 10.3 Å². The third-order valence-electron chi connectivity index (χ3n) is 6.82. The van der Waals surface area contributed by atoms with Gasteiger partial charge in [0.1, 0.15) is 11.6 Å². The van der Waals surface area contributed by atoms with Crippen LogP contribution in [0, 0.1) is 6.92 Å². The number of nitrogens with zero attached hydrogens (tertiary/aromatic N) is 7. The molecule has 4 aromatic rings. The van der Waals surface area contributed by atoms with E-state index in [4.69, 9.17) is 19.2 Å². The molecule has 200 valence electrons. The summed E-state index contributed by atoms with van der Waals surface area (Å²) in [7, 11) is 0. The number of ether oxygens (including phenoxy) is 1. The Kier molecular flexibility index (Phi) is 6.76.